The first-order valence-electron chi connectivity index (χ1n) is 8.70. The number of H-pyrrole nitrogens is 1. The molecular formula is C19H22N4O. The van der Waals surface area contributed by atoms with Crippen molar-refractivity contribution < 1.29 is 4.79 Å². The second kappa shape index (κ2) is 6.51. The van der Waals surface area contributed by atoms with E-state index in [1.54, 1.807) is 6.20 Å². The average molecular weight is 322 g/mol. The number of carbonyl (C=O) groups excluding carboxylic acids is 1. The molecule has 0 spiro atoms. The van der Waals surface area contributed by atoms with Crippen LogP contribution in [0.1, 0.15) is 40.9 Å². The number of benzene rings is 1. The number of hydrogen-bond donors (Lipinski definition) is 2. The number of amides is 1. The van der Waals surface area contributed by atoms with Crippen molar-refractivity contribution in [3.05, 3.63) is 53.5 Å². The van der Waals surface area contributed by atoms with Crippen molar-refractivity contribution in [3.8, 4) is 0 Å². The number of aryl methyl sites for hydroxylation is 3. The Kier molecular flexibility index (Phi) is 4.07. The molecular weight excluding hydrogens is 300 g/mol. The van der Waals surface area contributed by atoms with Crippen molar-refractivity contribution in [2.45, 2.75) is 38.6 Å². The van der Waals surface area contributed by atoms with Gasteiger partial charge in [-0.15, -0.1) is 0 Å². The van der Waals surface area contributed by atoms with E-state index in [0.717, 1.165) is 36.9 Å². The quantitative estimate of drug-likeness (QED) is 0.709. The molecule has 0 saturated carbocycles. The summed E-state index contributed by atoms with van der Waals surface area (Å²) in [5.41, 5.74) is 4.66. The number of aromatic nitrogens is 3. The third kappa shape index (κ3) is 2.94. The fraction of sp³-hybridized carbons (Fsp3) is 0.368. The van der Waals surface area contributed by atoms with Crippen LogP contribution in [0.25, 0.3) is 10.9 Å². The largest absolute Gasteiger partial charge is 0.358 e. The highest BCUT2D eigenvalue weighted by atomic mass is 16.1. The van der Waals surface area contributed by atoms with Crippen LogP contribution in [0.2, 0.25) is 0 Å². The van der Waals surface area contributed by atoms with E-state index in [1.807, 2.05) is 35.1 Å². The highest BCUT2D eigenvalue weighted by Gasteiger charge is 2.16. The minimum atomic E-state index is 0.00289. The highest BCUT2D eigenvalue weighted by Crippen LogP contribution is 2.29. The van der Waals surface area contributed by atoms with Crippen molar-refractivity contribution in [2.24, 2.45) is 0 Å². The van der Waals surface area contributed by atoms with Gasteiger partial charge in [0.15, 0.2) is 0 Å². The number of carbonyl (C=O) groups is 1. The summed E-state index contributed by atoms with van der Waals surface area (Å²) < 4.78 is 1.88. The molecule has 0 fully saturated rings. The zero-order chi connectivity index (χ0) is 16.4. The molecule has 0 atom stereocenters. The van der Waals surface area contributed by atoms with Gasteiger partial charge in [-0.05, 0) is 61.9 Å². The number of rotatable bonds is 5. The number of nitrogens with one attached hydrogen (secondary N) is 2. The Hall–Kier alpha value is -2.56. The van der Waals surface area contributed by atoms with Crippen LogP contribution in [0.5, 0.6) is 0 Å². The molecule has 1 aliphatic rings. The summed E-state index contributed by atoms with van der Waals surface area (Å²) in [4.78, 5) is 15.9. The van der Waals surface area contributed by atoms with E-state index in [9.17, 15) is 4.79 Å². The maximum atomic E-state index is 12.4. The molecule has 1 aromatic carbocycles. The predicted octanol–water partition coefficient (Wildman–Crippen LogP) is 3.06. The minimum absolute atomic E-state index is 0.00289. The Morgan fingerprint density at radius 2 is 2.21 bits per heavy atom. The SMILES string of the molecule is O=C(NCCCn1cccn1)c1ccc2[nH]c3c(c2c1)CCCC3. The molecule has 0 bridgehead atoms. The fourth-order valence-corrected chi connectivity index (χ4v) is 3.52. The smallest absolute Gasteiger partial charge is 0.251 e. The molecule has 3 aromatic rings. The van der Waals surface area contributed by atoms with Gasteiger partial charge in [0, 0.05) is 47.6 Å². The van der Waals surface area contributed by atoms with Gasteiger partial charge in [-0.3, -0.25) is 9.48 Å². The fourth-order valence-electron chi connectivity index (χ4n) is 3.52. The topological polar surface area (TPSA) is 62.7 Å². The van der Waals surface area contributed by atoms with E-state index >= 15 is 0 Å². The molecule has 124 valence electrons. The maximum absolute atomic E-state index is 12.4. The summed E-state index contributed by atoms with van der Waals surface area (Å²) in [5.74, 6) is 0.00289. The van der Waals surface area contributed by atoms with Crippen LogP contribution in [-0.2, 0) is 19.4 Å². The van der Waals surface area contributed by atoms with Crippen LogP contribution in [0, 0.1) is 0 Å². The molecule has 5 heteroatoms. The van der Waals surface area contributed by atoms with Crippen LogP contribution in [0.15, 0.2) is 36.7 Å². The van der Waals surface area contributed by atoms with Crippen LogP contribution in [0.4, 0.5) is 0 Å². The summed E-state index contributed by atoms with van der Waals surface area (Å²) in [6.07, 6.45) is 9.31. The second-order valence-electron chi connectivity index (χ2n) is 6.43. The van der Waals surface area contributed by atoms with Gasteiger partial charge in [0.05, 0.1) is 0 Å². The minimum Gasteiger partial charge on any atom is -0.358 e. The van der Waals surface area contributed by atoms with Gasteiger partial charge in [0.2, 0.25) is 0 Å². The summed E-state index contributed by atoms with van der Waals surface area (Å²) >= 11 is 0. The van der Waals surface area contributed by atoms with E-state index in [1.165, 1.54) is 29.5 Å². The summed E-state index contributed by atoms with van der Waals surface area (Å²) in [6, 6.07) is 7.89. The second-order valence-corrected chi connectivity index (χ2v) is 6.43. The molecule has 2 aromatic heterocycles. The molecule has 2 N–H and O–H groups in total. The first-order chi connectivity index (χ1) is 11.8. The molecule has 4 rings (SSSR count). The molecule has 0 unspecified atom stereocenters. The van der Waals surface area contributed by atoms with E-state index in [2.05, 4.69) is 15.4 Å². The summed E-state index contributed by atoms with van der Waals surface area (Å²) in [5, 5.41) is 8.39. The zero-order valence-electron chi connectivity index (χ0n) is 13.7. The standard InChI is InChI=1S/C19H22N4O/c24-19(20-9-3-11-23-12-4-10-21-23)14-7-8-18-16(13-14)15-5-1-2-6-17(15)22-18/h4,7-8,10,12-13,22H,1-3,5-6,9,11H2,(H,20,24). The van der Waals surface area contributed by atoms with Gasteiger partial charge in [-0.1, -0.05) is 0 Å². The van der Waals surface area contributed by atoms with Gasteiger partial charge >= 0.3 is 0 Å². The lowest BCUT2D eigenvalue weighted by molar-refractivity contribution is 0.0952. The number of hydrogen-bond acceptors (Lipinski definition) is 2. The molecule has 2 heterocycles. The molecule has 1 aliphatic carbocycles. The first-order valence-corrected chi connectivity index (χ1v) is 8.70. The monoisotopic (exact) mass is 322 g/mol. The van der Waals surface area contributed by atoms with Crippen molar-refractivity contribution in [1.82, 2.24) is 20.1 Å². The highest BCUT2D eigenvalue weighted by molar-refractivity contribution is 5.99. The van der Waals surface area contributed by atoms with E-state index in [4.69, 9.17) is 0 Å². The van der Waals surface area contributed by atoms with Crippen LogP contribution >= 0.6 is 0 Å². The summed E-state index contributed by atoms with van der Waals surface area (Å²) in [6.45, 7) is 1.47. The molecule has 0 saturated heterocycles. The Morgan fingerprint density at radius 3 is 3.08 bits per heavy atom. The third-order valence-electron chi connectivity index (χ3n) is 4.77. The average Bonchev–Trinajstić information content (AvgIpc) is 3.25. The Bertz CT molecular complexity index is 848. The van der Waals surface area contributed by atoms with Crippen LogP contribution in [-0.4, -0.2) is 27.2 Å². The van der Waals surface area contributed by atoms with Gasteiger partial charge in [-0.25, -0.2) is 0 Å². The van der Waals surface area contributed by atoms with Gasteiger partial charge in [-0.2, -0.15) is 5.10 Å². The van der Waals surface area contributed by atoms with Crippen molar-refractivity contribution in [3.63, 3.8) is 0 Å². The lowest BCUT2D eigenvalue weighted by Gasteiger charge is -2.10. The van der Waals surface area contributed by atoms with Crippen molar-refractivity contribution in [2.75, 3.05) is 6.54 Å². The maximum Gasteiger partial charge on any atom is 0.251 e. The van der Waals surface area contributed by atoms with E-state index in [0.29, 0.717) is 6.54 Å². The van der Waals surface area contributed by atoms with E-state index < -0.39 is 0 Å². The Morgan fingerprint density at radius 1 is 1.29 bits per heavy atom. The number of aromatic amines is 1. The van der Waals surface area contributed by atoms with E-state index in [-0.39, 0.29) is 5.91 Å². The van der Waals surface area contributed by atoms with Gasteiger partial charge < -0.3 is 10.3 Å². The van der Waals surface area contributed by atoms with Crippen LogP contribution < -0.4 is 5.32 Å². The normalized spacial score (nSPS) is 13.8. The number of nitrogens with zero attached hydrogens (tertiary/aromatic N) is 2. The van der Waals surface area contributed by atoms with Crippen molar-refractivity contribution in [1.29, 1.82) is 0 Å². The predicted molar refractivity (Wildman–Crippen MR) is 94.1 cm³/mol. The Balaban J connectivity index is 1.42. The Labute approximate surface area is 141 Å². The first kappa shape index (κ1) is 15.0. The summed E-state index contributed by atoms with van der Waals surface area (Å²) in [7, 11) is 0. The van der Waals surface area contributed by atoms with Crippen molar-refractivity contribution >= 4 is 16.8 Å². The lowest BCUT2D eigenvalue weighted by Crippen LogP contribution is -2.25. The molecule has 0 radical (unpaired) electrons. The molecule has 24 heavy (non-hydrogen) atoms. The van der Waals surface area contributed by atoms with Gasteiger partial charge in [0.25, 0.3) is 5.91 Å². The third-order valence-corrected chi connectivity index (χ3v) is 4.77. The molecule has 1 amide bonds. The lowest BCUT2D eigenvalue weighted by atomic mass is 9.95. The van der Waals surface area contributed by atoms with Gasteiger partial charge in [0.1, 0.15) is 0 Å². The molecule has 5 nitrogen and oxygen atoms in total. The molecule has 0 aliphatic heterocycles. The zero-order valence-corrected chi connectivity index (χ0v) is 13.7. The number of fused-ring (bicyclic) bond motifs is 3. The van der Waals surface area contributed by atoms with Crippen LogP contribution in [0.3, 0.4) is 0 Å².